The van der Waals surface area contributed by atoms with Crippen LogP contribution in [-0.4, -0.2) is 69.7 Å². The first-order valence-electron chi connectivity index (χ1n) is 14.0. The number of hydrogen-bond donors (Lipinski definition) is 0. The summed E-state index contributed by atoms with van der Waals surface area (Å²) in [7, 11) is 0. The lowest BCUT2D eigenvalue weighted by Gasteiger charge is -2.39. The van der Waals surface area contributed by atoms with Gasteiger partial charge in [-0.3, -0.25) is 9.69 Å². The number of imidazole rings is 1. The van der Waals surface area contributed by atoms with Crippen LogP contribution in [0.15, 0.2) is 79.0 Å². The maximum Gasteiger partial charge on any atom is 0.317 e. The first-order chi connectivity index (χ1) is 19.0. The molecule has 0 amide bonds. The SMILES string of the molecule is CCOC(=O)C(C)(C)c1cn2nc(CCCN3CCN(C(c4ccccc4)c4ccccc4)CC3)ccc2n1. The molecule has 2 aromatic heterocycles. The van der Waals surface area contributed by atoms with Gasteiger partial charge in [-0.1, -0.05) is 60.7 Å². The summed E-state index contributed by atoms with van der Waals surface area (Å²) in [6.07, 6.45) is 3.81. The Morgan fingerprint density at radius 3 is 2.18 bits per heavy atom. The average molecular weight is 526 g/mol. The summed E-state index contributed by atoms with van der Waals surface area (Å²) in [5.41, 5.74) is 4.35. The van der Waals surface area contributed by atoms with Crippen molar-refractivity contribution >= 4 is 11.6 Å². The maximum absolute atomic E-state index is 12.4. The van der Waals surface area contributed by atoms with E-state index in [1.54, 1.807) is 4.52 Å². The van der Waals surface area contributed by atoms with Crippen molar-refractivity contribution in [2.75, 3.05) is 39.3 Å². The number of aromatic nitrogens is 3. The number of carbonyl (C=O) groups is 1. The molecule has 0 spiro atoms. The van der Waals surface area contributed by atoms with Gasteiger partial charge in [-0.15, -0.1) is 0 Å². The number of nitrogens with zero attached hydrogens (tertiary/aromatic N) is 5. The molecule has 4 aromatic rings. The van der Waals surface area contributed by atoms with Crippen LogP contribution in [-0.2, 0) is 21.4 Å². The number of benzene rings is 2. The van der Waals surface area contributed by atoms with Gasteiger partial charge in [0, 0.05) is 26.2 Å². The Morgan fingerprint density at radius 2 is 1.56 bits per heavy atom. The smallest absolute Gasteiger partial charge is 0.317 e. The minimum atomic E-state index is -0.813. The van der Waals surface area contributed by atoms with Crippen LogP contribution in [0.1, 0.15) is 55.7 Å². The van der Waals surface area contributed by atoms with Gasteiger partial charge in [-0.25, -0.2) is 9.50 Å². The number of aryl methyl sites for hydroxylation is 1. The second-order valence-corrected chi connectivity index (χ2v) is 10.8. The van der Waals surface area contributed by atoms with Crippen LogP contribution in [0.2, 0.25) is 0 Å². The Balaban J connectivity index is 1.16. The Labute approximate surface area is 231 Å². The summed E-state index contributed by atoms with van der Waals surface area (Å²) in [5.74, 6) is -0.271. The van der Waals surface area contributed by atoms with Gasteiger partial charge in [0.25, 0.3) is 0 Å². The van der Waals surface area contributed by atoms with E-state index in [0.29, 0.717) is 18.3 Å². The highest BCUT2D eigenvalue weighted by Gasteiger charge is 2.34. The molecule has 1 fully saturated rings. The predicted molar refractivity (Wildman–Crippen MR) is 154 cm³/mol. The fraction of sp³-hybridized carbons (Fsp3) is 0.406. The highest BCUT2D eigenvalue weighted by molar-refractivity contribution is 5.81. The summed E-state index contributed by atoms with van der Waals surface area (Å²) in [4.78, 5) is 22.2. The van der Waals surface area contributed by atoms with Crippen LogP contribution >= 0.6 is 0 Å². The van der Waals surface area contributed by atoms with E-state index in [1.165, 1.54) is 11.1 Å². The topological polar surface area (TPSA) is 63.0 Å². The number of fused-ring (bicyclic) bond motifs is 1. The number of hydrogen-bond acceptors (Lipinski definition) is 6. The molecule has 1 aliphatic heterocycles. The minimum Gasteiger partial charge on any atom is -0.465 e. The van der Waals surface area contributed by atoms with Gasteiger partial charge in [0.1, 0.15) is 5.41 Å². The molecule has 39 heavy (non-hydrogen) atoms. The van der Waals surface area contributed by atoms with Crippen LogP contribution in [0.4, 0.5) is 0 Å². The van der Waals surface area contributed by atoms with Crippen LogP contribution in [0.5, 0.6) is 0 Å². The molecular formula is C32H39N5O2. The van der Waals surface area contributed by atoms with Crippen molar-refractivity contribution in [3.63, 3.8) is 0 Å². The fourth-order valence-electron chi connectivity index (χ4n) is 5.39. The van der Waals surface area contributed by atoms with Gasteiger partial charge in [0.05, 0.1) is 30.2 Å². The van der Waals surface area contributed by atoms with Gasteiger partial charge in [0.15, 0.2) is 5.65 Å². The van der Waals surface area contributed by atoms with Gasteiger partial charge in [0.2, 0.25) is 0 Å². The molecule has 0 unspecified atom stereocenters. The van der Waals surface area contributed by atoms with E-state index in [9.17, 15) is 4.79 Å². The van der Waals surface area contributed by atoms with Crippen molar-refractivity contribution in [2.45, 2.75) is 45.1 Å². The first-order valence-corrected chi connectivity index (χ1v) is 14.0. The van der Waals surface area contributed by atoms with Crippen molar-refractivity contribution in [1.82, 2.24) is 24.4 Å². The zero-order chi connectivity index (χ0) is 27.2. The molecule has 204 valence electrons. The first kappa shape index (κ1) is 27.0. The molecule has 5 rings (SSSR count). The van der Waals surface area contributed by atoms with E-state index in [4.69, 9.17) is 9.84 Å². The van der Waals surface area contributed by atoms with E-state index in [2.05, 4.69) is 75.4 Å². The second-order valence-electron chi connectivity index (χ2n) is 10.8. The molecule has 2 aromatic carbocycles. The Bertz CT molecular complexity index is 1320. The van der Waals surface area contributed by atoms with Crippen LogP contribution in [0, 0.1) is 0 Å². The third kappa shape index (κ3) is 6.21. The van der Waals surface area contributed by atoms with Gasteiger partial charge in [-0.2, -0.15) is 5.10 Å². The van der Waals surface area contributed by atoms with Crippen molar-refractivity contribution < 1.29 is 9.53 Å². The van der Waals surface area contributed by atoms with Crippen molar-refractivity contribution in [1.29, 1.82) is 0 Å². The summed E-state index contributed by atoms with van der Waals surface area (Å²) < 4.78 is 7.03. The van der Waals surface area contributed by atoms with E-state index in [-0.39, 0.29) is 5.97 Å². The lowest BCUT2D eigenvalue weighted by atomic mass is 9.90. The lowest BCUT2D eigenvalue weighted by Crippen LogP contribution is -2.48. The molecule has 0 atom stereocenters. The van der Waals surface area contributed by atoms with Crippen LogP contribution in [0.3, 0.4) is 0 Å². The molecule has 7 nitrogen and oxygen atoms in total. The Kier molecular flexibility index (Phi) is 8.38. The highest BCUT2D eigenvalue weighted by Crippen LogP contribution is 2.29. The van der Waals surface area contributed by atoms with Crippen LogP contribution < -0.4 is 0 Å². The summed E-state index contributed by atoms with van der Waals surface area (Å²) >= 11 is 0. The summed E-state index contributed by atoms with van der Waals surface area (Å²) in [6, 6.07) is 26.0. The molecule has 0 bridgehead atoms. The van der Waals surface area contributed by atoms with Gasteiger partial charge < -0.3 is 9.64 Å². The standard InChI is InChI=1S/C32H39N5O2/c1-4-39-31(38)32(2,3)28-24-37-29(33-28)18-17-27(34-37)16-11-19-35-20-22-36(23-21-35)30(25-12-7-5-8-13-25)26-14-9-6-10-15-26/h5-10,12-15,17-18,24,30H,4,11,16,19-23H2,1-3H3. The Morgan fingerprint density at radius 1 is 0.923 bits per heavy atom. The maximum atomic E-state index is 12.4. The molecule has 7 heteroatoms. The third-order valence-electron chi connectivity index (χ3n) is 7.71. The van der Waals surface area contributed by atoms with E-state index < -0.39 is 5.41 Å². The molecule has 0 N–H and O–H groups in total. The average Bonchev–Trinajstić information content (AvgIpc) is 3.40. The quantitative estimate of drug-likeness (QED) is 0.274. The third-order valence-corrected chi connectivity index (χ3v) is 7.71. The molecular weight excluding hydrogens is 486 g/mol. The normalized spacial score (nSPS) is 15.2. The van der Waals surface area contributed by atoms with E-state index >= 15 is 0 Å². The molecule has 0 aliphatic carbocycles. The van der Waals surface area contributed by atoms with E-state index in [1.807, 2.05) is 39.1 Å². The molecule has 3 heterocycles. The van der Waals surface area contributed by atoms with Crippen molar-refractivity contribution in [2.24, 2.45) is 0 Å². The highest BCUT2D eigenvalue weighted by atomic mass is 16.5. The number of piperazine rings is 1. The number of ether oxygens (including phenoxy) is 1. The van der Waals surface area contributed by atoms with Gasteiger partial charge >= 0.3 is 5.97 Å². The number of carbonyl (C=O) groups excluding carboxylic acids is 1. The van der Waals surface area contributed by atoms with Crippen LogP contribution in [0.25, 0.3) is 5.65 Å². The predicted octanol–water partition coefficient (Wildman–Crippen LogP) is 4.91. The molecule has 1 saturated heterocycles. The summed E-state index contributed by atoms with van der Waals surface area (Å²) in [5, 5.41) is 4.78. The zero-order valence-corrected chi connectivity index (χ0v) is 23.3. The zero-order valence-electron chi connectivity index (χ0n) is 23.3. The molecule has 0 saturated carbocycles. The number of rotatable bonds is 10. The Hall–Kier alpha value is -3.55. The van der Waals surface area contributed by atoms with Crippen molar-refractivity contribution in [3.05, 3.63) is 102 Å². The largest absolute Gasteiger partial charge is 0.465 e. The fourth-order valence-corrected chi connectivity index (χ4v) is 5.39. The minimum absolute atomic E-state index is 0.271. The lowest BCUT2D eigenvalue weighted by molar-refractivity contribution is -0.148. The van der Waals surface area contributed by atoms with Crippen molar-refractivity contribution in [3.8, 4) is 0 Å². The monoisotopic (exact) mass is 525 g/mol. The number of esters is 1. The van der Waals surface area contributed by atoms with Gasteiger partial charge in [-0.05, 0) is 63.4 Å². The van der Waals surface area contributed by atoms with E-state index in [0.717, 1.165) is 56.9 Å². The molecule has 0 radical (unpaired) electrons. The molecule has 1 aliphatic rings. The summed E-state index contributed by atoms with van der Waals surface area (Å²) in [6.45, 7) is 11.1. The second kappa shape index (κ2) is 12.1.